The van der Waals surface area contributed by atoms with Crippen LogP contribution in [0.15, 0.2) is 42.7 Å². The van der Waals surface area contributed by atoms with E-state index in [0.717, 1.165) is 13.0 Å². The van der Waals surface area contributed by atoms with Crippen LogP contribution in [0.5, 0.6) is 11.5 Å². The number of H-pyrrole nitrogens is 1. The Balaban J connectivity index is 1.53. The molecule has 0 aliphatic carbocycles. The van der Waals surface area contributed by atoms with E-state index < -0.39 is 11.7 Å². The molecule has 2 aromatic carbocycles. The molecule has 1 aliphatic heterocycles. The zero-order chi connectivity index (χ0) is 23.4. The Hall–Kier alpha value is -3.46. The highest BCUT2D eigenvalue weighted by Crippen LogP contribution is 2.35. The number of carbonyl (C=O) groups is 1. The average Bonchev–Trinajstić information content (AvgIpc) is 3.31. The van der Waals surface area contributed by atoms with Crippen LogP contribution in [0.4, 0.5) is 14.5 Å². The van der Waals surface area contributed by atoms with Crippen LogP contribution in [0.3, 0.4) is 0 Å². The number of nitrogens with one attached hydrogen (secondary N) is 2. The summed E-state index contributed by atoms with van der Waals surface area (Å²) in [6, 6.07) is 7.06. The van der Waals surface area contributed by atoms with Crippen molar-refractivity contribution in [2.75, 3.05) is 39.2 Å². The Kier molecular flexibility index (Phi) is 6.88. The van der Waals surface area contributed by atoms with Gasteiger partial charge < -0.3 is 19.7 Å². The number of rotatable bonds is 8. The number of halogens is 2. The Bertz CT molecular complexity index is 1120. The first-order valence-electron chi connectivity index (χ1n) is 10.7. The molecule has 0 fully saturated rings. The summed E-state index contributed by atoms with van der Waals surface area (Å²) in [5.41, 5.74) is 1.75. The summed E-state index contributed by atoms with van der Waals surface area (Å²) >= 11 is 0. The molecule has 2 heterocycles. The second kappa shape index (κ2) is 9.99. The van der Waals surface area contributed by atoms with Crippen molar-refractivity contribution in [3.63, 3.8) is 0 Å². The van der Waals surface area contributed by atoms with E-state index in [2.05, 4.69) is 15.5 Å². The van der Waals surface area contributed by atoms with Gasteiger partial charge in [-0.15, -0.1) is 0 Å². The second-order valence-corrected chi connectivity index (χ2v) is 8.27. The van der Waals surface area contributed by atoms with Gasteiger partial charge in [0.05, 0.1) is 24.4 Å². The number of nitrogens with zero attached hydrogens (tertiary/aromatic N) is 2. The molecular formula is C24H26F2N4O3. The standard InChI is InChI=1S/C24H26F2N4O3/c1-30(2)6-3-7-32-23-10-19(17-12-27-28-13-17)20(26)11-21(23)29-24(31)16-8-15-9-18(25)4-5-22(15)33-14-16/h4-5,9-13,16H,3,6-8,14H2,1-2H3,(H,27,28)(H,29,31)/t16-/m1/s1. The SMILES string of the molecule is CN(C)CCCOc1cc(-c2cn[nH]c2)c(F)cc1NC(=O)[C@H]1COc2ccc(F)cc2C1. The molecule has 1 aliphatic rings. The first kappa shape index (κ1) is 22.7. The number of aromatic amines is 1. The Morgan fingerprint density at radius 1 is 1.30 bits per heavy atom. The van der Waals surface area contributed by atoms with E-state index >= 15 is 0 Å². The lowest BCUT2D eigenvalue weighted by molar-refractivity contribution is -0.121. The Morgan fingerprint density at radius 2 is 2.15 bits per heavy atom. The summed E-state index contributed by atoms with van der Waals surface area (Å²) in [5, 5.41) is 9.32. The summed E-state index contributed by atoms with van der Waals surface area (Å²) in [6.07, 6.45) is 4.19. The number of hydrogen-bond acceptors (Lipinski definition) is 5. The smallest absolute Gasteiger partial charge is 0.231 e. The van der Waals surface area contributed by atoms with Crippen molar-refractivity contribution < 1.29 is 23.0 Å². The Labute approximate surface area is 190 Å². The molecule has 174 valence electrons. The van der Waals surface area contributed by atoms with Crippen molar-refractivity contribution in [2.45, 2.75) is 12.8 Å². The maximum atomic E-state index is 14.9. The number of anilines is 1. The van der Waals surface area contributed by atoms with Gasteiger partial charge in [-0.25, -0.2) is 8.78 Å². The monoisotopic (exact) mass is 456 g/mol. The highest BCUT2D eigenvalue weighted by molar-refractivity contribution is 5.95. The van der Waals surface area contributed by atoms with Gasteiger partial charge in [0.15, 0.2) is 0 Å². The van der Waals surface area contributed by atoms with Gasteiger partial charge in [0, 0.05) is 29.9 Å². The van der Waals surface area contributed by atoms with Gasteiger partial charge in [-0.1, -0.05) is 0 Å². The van der Waals surface area contributed by atoms with E-state index in [0.29, 0.717) is 41.2 Å². The van der Waals surface area contributed by atoms with Crippen molar-refractivity contribution in [1.29, 1.82) is 0 Å². The minimum atomic E-state index is -0.544. The van der Waals surface area contributed by atoms with Crippen LogP contribution in [-0.2, 0) is 11.2 Å². The van der Waals surface area contributed by atoms with Gasteiger partial charge in [0.2, 0.25) is 5.91 Å². The number of amides is 1. The predicted molar refractivity (Wildman–Crippen MR) is 120 cm³/mol. The fraction of sp³-hybridized carbons (Fsp3) is 0.333. The molecule has 1 amide bonds. The topological polar surface area (TPSA) is 79.5 Å². The fourth-order valence-corrected chi connectivity index (χ4v) is 3.72. The summed E-state index contributed by atoms with van der Waals surface area (Å²) in [5.74, 6) is -0.858. The van der Waals surface area contributed by atoms with Crippen LogP contribution in [0.1, 0.15) is 12.0 Å². The van der Waals surface area contributed by atoms with Crippen LogP contribution in [0.2, 0.25) is 0 Å². The molecule has 0 radical (unpaired) electrons. The van der Waals surface area contributed by atoms with Gasteiger partial charge >= 0.3 is 0 Å². The van der Waals surface area contributed by atoms with E-state index in [1.54, 1.807) is 18.3 Å². The molecule has 0 unspecified atom stereocenters. The lowest BCUT2D eigenvalue weighted by atomic mass is 9.95. The van der Waals surface area contributed by atoms with Gasteiger partial charge in [-0.2, -0.15) is 5.10 Å². The minimum absolute atomic E-state index is 0.152. The Morgan fingerprint density at radius 3 is 2.91 bits per heavy atom. The van der Waals surface area contributed by atoms with E-state index in [9.17, 15) is 13.6 Å². The number of fused-ring (bicyclic) bond motifs is 1. The first-order chi connectivity index (χ1) is 15.9. The van der Waals surface area contributed by atoms with Gasteiger partial charge in [-0.3, -0.25) is 9.89 Å². The molecule has 1 aromatic heterocycles. The number of ether oxygens (including phenoxy) is 2. The largest absolute Gasteiger partial charge is 0.492 e. The third-order valence-electron chi connectivity index (χ3n) is 5.44. The maximum absolute atomic E-state index is 14.9. The van der Waals surface area contributed by atoms with Crippen molar-refractivity contribution in [1.82, 2.24) is 15.1 Å². The van der Waals surface area contributed by atoms with E-state index in [1.165, 1.54) is 24.4 Å². The second-order valence-electron chi connectivity index (χ2n) is 8.27. The molecule has 4 rings (SSSR count). The predicted octanol–water partition coefficient (Wildman–Crippen LogP) is 3.88. The van der Waals surface area contributed by atoms with Gasteiger partial charge in [0.1, 0.15) is 29.7 Å². The number of aromatic nitrogens is 2. The van der Waals surface area contributed by atoms with E-state index in [4.69, 9.17) is 9.47 Å². The molecular weight excluding hydrogens is 430 g/mol. The molecule has 0 bridgehead atoms. The van der Waals surface area contributed by atoms with Crippen LogP contribution in [0, 0.1) is 17.6 Å². The molecule has 3 aromatic rings. The lowest BCUT2D eigenvalue weighted by Crippen LogP contribution is -2.32. The van der Waals surface area contributed by atoms with Crippen molar-refractivity contribution in [3.8, 4) is 22.6 Å². The first-order valence-corrected chi connectivity index (χ1v) is 10.7. The summed E-state index contributed by atoms with van der Waals surface area (Å²) in [7, 11) is 3.94. The molecule has 1 atom stereocenters. The zero-order valence-electron chi connectivity index (χ0n) is 18.5. The van der Waals surface area contributed by atoms with Crippen molar-refractivity contribution in [2.24, 2.45) is 5.92 Å². The molecule has 7 nitrogen and oxygen atoms in total. The lowest BCUT2D eigenvalue weighted by Gasteiger charge is -2.25. The zero-order valence-corrected chi connectivity index (χ0v) is 18.5. The molecule has 0 saturated heterocycles. The third kappa shape index (κ3) is 5.48. The van der Waals surface area contributed by atoms with Gasteiger partial charge in [-0.05, 0) is 56.8 Å². The maximum Gasteiger partial charge on any atom is 0.231 e. The molecule has 33 heavy (non-hydrogen) atoms. The van der Waals surface area contributed by atoms with E-state index in [1.807, 2.05) is 19.0 Å². The van der Waals surface area contributed by atoms with Crippen LogP contribution >= 0.6 is 0 Å². The summed E-state index contributed by atoms with van der Waals surface area (Å²) < 4.78 is 40.0. The molecule has 0 spiro atoms. The molecule has 2 N–H and O–H groups in total. The number of hydrogen-bond donors (Lipinski definition) is 2. The third-order valence-corrected chi connectivity index (χ3v) is 5.44. The van der Waals surface area contributed by atoms with Crippen LogP contribution in [0.25, 0.3) is 11.1 Å². The van der Waals surface area contributed by atoms with Gasteiger partial charge in [0.25, 0.3) is 0 Å². The minimum Gasteiger partial charge on any atom is -0.492 e. The molecule has 0 saturated carbocycles. The summed E-state index contributed by atoms with van der Waals surface area (Å²) in [4.78, 5) is 15.0. The highest BCUT2D eigenvalue weighted by Gasteiger charge is 2.27. The quantitative estimate of drug-likeness (QED) is 0.503. The normalized spacial score (nSPS) is 15.1. The average molecular weight is 456 g/mol. The number of benzene rings is 2. The highest BCUT2D eigenvalue weighted by atomic mass is 19.1. The van der Waals surface area contributed by atoms with E-state index in [-0.39, 0.29) is 24.0 Å². The van der Waals surface area contributed by atoms with Crippen LogP contribution < -0.4 is 14.8 Å². The molecule has 9 heteroatoms. The van der Waals surface area contributed by atoms with Crippen molar-refractivity contribution >= 4 is 11.6 Å². The summed E-state index contributed by atoms with van der Waals surface area (Å²) in [6.45, 7) is 1.38. The van der Waals surface area contributed by atoms with Crippen molar-refractivity contribution in [3.05, 3.63) is 59.9 Å². The fourth-order valence-electron chi connectivity index (χ4n) is 3.72. The number of carbonyl (C=O) groups excluding carboxylic acids is 1. The van der Waals surface area contributed by atoms with Crippen LogP contribution in [-0.4, -0.2) is 54.9 Å².